The molecule has 2 rings (SSSR count). The first-order chi connectivity index (χ1) is 7.31. The van der Waals surface area contributed by atoms with E-state index < -0.39 is 6.10 Å². The number of ketones is 1. The van der Waals surface area contributed by atoms with Gasteiger partial charge in [0.15, 0.2) is 23.4 Å². The molecule has 1 atom stereocenters. The fourth-order valence-electron chi connectivity index (χ4n) is 1.48. The van der Waals surface area contributed by atoms with Gasteiger partial charge in [0, 0.05) is 6.42 Å². The molecule has 0 amide bonds. The van der Waals surface area contributed by atoms with Gasteiger partial charge in [0.25, 0.3) is 0 Å². The molecule has 0 radical (unpaired) electrons. The summed E-state index contributed by atoms with van der Waals surface area (Å²) in [4.78, 5) is 11.5. The summed E-state index contributed by atoms with van der Waals surface area (Å²) >= 11 is 0. The van der Waals surface area contributed by atoms with E-state index in [1.165, 1.54) is 0 Å². The first-order valence-corrected chi connectivity index (χ1v) is 4.92. The standard InChI is InChI=1S/C11H13NO3/c12-6-5-8(13)11-7-14-9-3-1-2-4-10(9)15-11/h1-4,11H,5-7,12H2. The van der Waals surface area contributed by atoms with Crippen molar-refractivity contribution in [2.24, 2.45) is 5.73 Å². The first-order valence-electron chi connectivity index (χ1n) is 4.92. The summed E-state index contributed by atoms with van der Waals surface area (Å²) in [7, 11) is 0. The maximum atomic E-state index is 11.5. The minimum atomic E-state index is -0.511. The lowest BCUT2D eigenvalue weighted by molar-refractivity contribution is -0.127. The second kappa shape index (κ2) is 4.31. The van der Waals surface area contributed by atoms with Crippen LogP contribution in [-0.2, 0) is 4.79 Å². The Morgan fingerprint density at radius 3 is 2.87 bits per heavy atom. The number of benzene rings is 1. The van der Waals surface area contributed by atoms with Crippen LogP contribution in [-0.4, -0.2) is 25.0 Å². The quantitative estimate of drug-likeness (QED) is 0.794. The first kappa shape index (κ1) is 9.98. The lowest BCUT2D eigenvalue weighted by Crippen LogP contribution is -2.37. The van der Waals surface area contributed by atoms with Crippen molar-refractivity contribution in [3.8, 4) is 11.5 Å². The van der Waals surface area contributed by atoms with E-state index in [1.54, 1.807) is 6.07 Å². The number of nitrogens with two attached hydrogens (primary N) is 1. The Balaban J connectivity index is 2.08. The van der Waals surface area contributed by atoms with Crippen LogP contribution in [0, 0.1) is 0 Å². The van der Waals surface area contributed by atoms with Crippen molar-refractivity contribution in [3.05, 3.63) is 24.3 Å². The van der Waals surface area contributed by atoms with E-state index >= 15 is 0 Å². The predicted octanol–water partition coefficient (Wildman–Crippen LogP) is 0.744. The third kappa shape index (κ3) is 2.10. The van der Waals surface area contributed by atoms with Crippen molar-refractivity contribution in [3.63, 3.8) is 0 Å². The number of fused-ring (bicyclic) bond motifs is 1. The lowest BCUT2D eigenvalue weighted by atomic mass is 10.1. The summed E-state index contributed by atoms with van der Waals surface area (Å²) in [5, 5.41) is 0. The Labute approximate surface area is 88.0 Å². The topological polar surface area (TPSA) is 61.6 Å². The van der Waals surface area contributed by atoms with Crippen molar-refractivity contribution in [1.82, 2.24) is 0 Å². The summed E-state index contributed by atoms with van der Waals surface area (Å²) in [6.07, 6.45) is -0.181. The molecule has 1 unspecified atom stereocenters. The average molecular weight is 207 g/mol. The predicted molar refractivity (Wildman–Crippen MR) is 55.0 cm³/mol. The molecule has 0 fully saturated rings. The van der Waals surface area contributed by atoms with E-state index in [0.717, 1.165) is 0 Å². The maximum Gasteiger partial charge on any atom is 0.190 e. The van der Waals surface area contributed by atoms with Gasteiger partial charge in [-0.15, -0.1) is 0 Å². The Morgan fingerprint density at radius 2 is 2.13 bits per heavy atom. The fourth-order valence-corrected chi connectivity index (χ4v) is 1.48. The van der Waals surface area contributed by atoms with Gasteiger partial charge in [-0.1, -0.05) is 12.1 Å². The van der Waals surface area contributed by atoms with Crippen LogP contribution in [0.5, 0.6) is 11.5 Å². The highest BCUT2D eigenvalue weighted by atomic mass is 16.6. The zero-order valence-corrected chi connectivity index (χ0v) is 8.31. The molecule has 0 spiro atoms. The van der Waals surface area contributed by atoms with Crippen LogP contribution < -0.4 is 15.2 Å². The zero-order chi connectivity index (χ0) is 10.7. The van der Waals surface area contributed by atoms with Crippen LogP contribution in [0.4, 0.5) is 0 Å². The number of rotatable bonds is 3. The fraction of sp³-hybridized carbons (Fsp3) is 0.364. The van der Waals surface area contributed by atoms with E-state index in [4.69, 9.17) is 15.2 Å². The minimum Gasteiger partial charge on any atom is -0.485 e. The van der Waals surface area contributed by atoms with Gasteiger partial charge in [0.2, 0.25) is 0 Å². The molecular weight excluding hydrogens is 194 g/mol. The number of hydrogen-bond donors (Lipinski definition) is 1. The highest BCUT2D eigenvalue weighted by Crippen LogP contribution is 2.31. The Hall–Kier alpha value is -1.55. The number of carbonyl (C=O) groups excluding carboxylic acids is 1. The van der Waals surface area contributed by atoms with Gasteiger partial charge in [-0.2, -0.15) is 0 Å². The van der Waals surface area contributed by atoms with Crippen LogP contribution in [0.25, 0.3) is 0 Å². The minimum absolute atomic E-state index is 0.00740. The zero-order valence-electron chi connectivity index (χ0n) is 8.31. The molecule has 80 valence electrons. The Kier molecular flexibility index (Phi) is 2.87. The van der Waals surface area contributed by atoms with Gasteiger partial charge in [-0.25, -0.2) is 0 Å². The highest BCUT2D eigenvalue weighted by molar-refractivity contribution is 5.84. The van der Waals surface area contributed by atoms with Gasteiger partial charge < -0.3 is 15.2 Å². The molecule has 4 heteroatoms. The third-order valence-electron chi connectivity index (χ3n) is 2.26. The van der Waals surface area contributed by atoms with E-state index in [1.807, 2.05) is 18.2 Å². The molecule has 0 saturated heterocycles. The van der Waals surface area contributed by atoms with Crippen LogP contribution >= 0.6 is 0 Å². The second-order valence-electron chi connectivity index (χ2n) is 3.37. The van der Waals surface area contributed by atoms with Crippen molar-refractivity contribution >= 4 is 5.78 Å². The molecule has 0 aliphatic carbocycles. The maximum absolute atomic E-state index is 11.5. The number of carbonyl (C=O) groups is 1. The highest BCUT2D eigenvalue weighted by Gasteiger charge is 2.26. The molecule has 1 heterocycles. The van der Waals surface area contributed by atoms with Crippen molar-refractivity contribution in [2.75, 3.05) is 13.2 Å². The van der Waals surface area contributed by atoms with Crippen molar-refractivity contribution < 1.29 is 14.3 Å². The number of hydrogen-bond acceptors (Lipinski definition) is 4. The smallest absolute Gasteiger partial charge is 0.190 e. The van der Waals surface area contributed by atoms with E-state index in [-0.39, 0.29) is 12.4 Å². The normalized spacial score (nSPS) is 18.6. The van der Waals surface area contributed by atoms with E-state index in [9.17, 15) is 4.79 Å². The number of para-hydroxylation sites is 2. The van der Waals surface area contributed by atoms with Crippen LogP contribution in [0.15, 0.2) is 24.3 Å². The molecule has 4 nitrogen and oxygen atoms in total. The van der Waals surface area contributed by atoms with Crippen LogP contribution in [0.3, 0.4) is 0 Å². The molecular formula is C11H13NO3. The number of Topliss-reactive ketones (excluding diaryl/α,β-unsaturated/α-hetero) is 1. The second-order valence-corrected chi connectivity index (χ2v) is 3.37. The molecule has 15 heavy (non-hydrogen) atoms. The monoisotopic (exact) mass is 207 g/mol. The van der Waals surface area contributed by atoms with E-state index in [0.29, 0.717) is 24.5 Å². The molecule has 0 saturated carbocycles. The van der Waals surface area contributed by atoms with Crippen LogP contribution in [0.1, 0.15) is 6.42 Å². The summed E-state index contributed by atoms with van der Waals surface area (Å²) in [5.74, 6) is 1.31. The largest absolute Gasteiger partial charge is 0.485 e. The van der Waals surface area contributed by atoms with Crippen LogP contribution in [0.2, 0.25) is 0 Å². The van der Waals surface area contributed by atoms with Gasteiger partial charge in [0.1, 0.15) is 6.61 Å². The van der Waals surface area contributed by atoms with Gasteiger partial charge in [0.05, 0.1) is 0 Å². The third-order valence-corrected chi connectivity index (χ3v) is 2.26. The van der Waals surface area contributed by atoms with Crippen molar-refractivity contribution in [1.29, 1.82) is 0 Å². The molecule has 0 bridgehead atoms. The van der Waals surface area contributed by atoms with E-state index in [2.05, 4.69) is 0 Å². The molecule has 1 aromatic carbocycles. The SMILES string of the molecule is NCCC(=O)C1COc2ccccc2O1. The molecule has 1 aliphatic heterocycles. The molecule has 1 aromatic rings. The van der Waals surface area contributed by atoms with Gasteiger partial charge in [-0.05, 0) is 18.7 Å². The Morgan fingerprint density at radius 1 is 1.40 bits per heavy atom. The number of ether oxygens (including phenoxy) is 2. The van der Waals surface area contributed by atoms with Crippen molar-refractivity contribution in [2.45, 2.75) is 12.5 Å². The molecule has 1 aliphatic rings. The summed E-state index contributed by atoms with van der Waals surface area (Å²) < 4.78 is 10.9. The molecule has 2 N–H and O–H groups in total. The lowest BCUT2D eigenvalue weighted by Gasteiger charge is -2.25. The molecule has 0 aromatic heterocycles. The Bertz CT molecular complexity index is 365. The summed E-state index contributed by atoms with van der Waals surface area (Å²) in [6, 6.07) is 7.32. The van der Waals surface area contributed by atoms with Gasteiger partial charge >= 0.3 is 0 Å². The summed E-state index contributed by atoms with van der Waals surface area (Å²) in [6.45, 7) is 0.621. The average Bonchev–Trinajstić information content (AvgIpc) is 2.29. The van der Waals surface area contributed by atoms with Gasteiger partial charge in [-0.3, -0.25) is 4.79 Å². The summed E-state index contributed by atoms with van der Waals surface area (Å²) in [5.41, 5.74) is 5.31.